The van der Waals surface area contributed by atoms with E-state index in [-0.39, 0.29) is 6.54 Å². The van der Waals surface area contributed by atoms with Crippen molar-refractivity contribution >= 4 is 11.9 Å². The highest BCUT2D eigenvalue weighted by Gasteiger charge is 2.22. The summed E-state index contributed by atoms with van der Waals surface area (Å²) in [6.07, 6.45) is 2.42. The van der Waals surface area contributed by atoms with Crippen LogP contribution in [0.2, 0.25) is 0 Å². The molecule has 2 rings (SSSR count). The van der Waals surface area contributed by atoms with Crippen molar-refractivity contribution in [2.24, 2.45) is 11.7 Å². The van der Waals surface area contributed by atoms with Gasteiger partial charge in [0.2, 0.25) is 11.8 Å². The molecule has 1 heterocycles. The third kappa shape index (κ3) is 4.51. The molecule has 3 N–H and O–H groups in total. The number of aromatic nitrogens is 2. The van der Waals surface area contributed by atoms with E-state index in [0.717, 1.165) is 0 Å². The Morgan fingerprint density at radius 2 is 2.26 bits per heavy atom. The lowest BCUT2D eigenvalue weighted by Gasteiger charge is -2.20. The van der Waals surface area contributed by atoms with E-state index in [9.17, 15) is 4.79 Å². The molecule has 1 aromatic rings. The summed E-state index contributed by atoms with van der Waals surface area (Å²) in [5, 5.41) is 11.3. The molecule has 0 spiro atoms. The molecule has 7 heteroatoms. The van der Waals surface area contributed by atoms with Crippen molar-refractivity contribution < 1.29 is 9.21 Å². The highest BCUT2D eigenvalue weighted by Crippen LogP contribution is 2.20. The van der Waals surface area contributed by atoms with Crippen LogP contribution < -0.4 is 16.0 Å². The summed E-state index contributed by atoms with van der Waals surface area (Å²) >= 11 is 0. The Hall–Kier alpha value is -1.63. The zero-order valence-electron chi connectivity index (χ0n) is 11.4. The molecule has 1 saturated carbocycles. The van der Waals surface area contributed by atoms with Crippen molar-refractivity contribution in [1.29, 1.82) is 0 Å². The van der Waals surface area contributed by atoms with Gasteiger partial charge in [0.25, 0.3) is 0 Å². The van der Waals surface area contributed by atoms with Crippen molar-refractivity contribution in [3.05, 3.63) is 5.89 Å². The third-order valence-corrected chi connectivity index (χ3v) is 2.78. The van der Waals surface area contributed by atoms with Crippen LogP contribution in [0.25, 0.3) is 0 Å². The summed E-state index contributed by atoms with van der Waals surface area (Å²) < 4.78 is 5.56. The first-order valence-electron chi connectivity index (χ1n) is 6.63. The number of hydrogen-bond acceptors (Lipinski definition) is 6. The smallest absolute Gasteiger partial charge is 0.318 e. The van der Waals surface area contributed by atoms with Crippen LogP contribution in [0.4, 0.5) is 6.01 Å². The lowest BCUT2D eigenvalue weighted by atomic mass is 10.2. The van der Waals surface area contributed by atoms with Gasteiger partial charge in [-0.25, -0.2) is 0 Å². The Kier molecular flexibility index (Phi) is 4.36. The van der Waals surface area contributed by atoms with E-state index in [1.54, 1.807) is 4.90 Å². The number of nitrogens with two attached hydrogens (primary N) is 1. The van der Waals surface area contributed by atoms with Crippen molar-refractivity contribution in [1.82, 2.24) is 15.5 Å². The fourth-order valence-corrected chi connectivity index (χ4v) is 1.80. The average molecular weight is 267 g/mol. The number of anilines is 1. The number of hydrogen-bond donors (Lipinski definition) is 2. The monoisotopic (exact) mass is 267 g/mol. The molecule has 1 aliphatic rings. The number of carbonyl (C=O) groups is 1. The minimum atomic E-state index is -0.406. The predicted molar refractivity (Wildman–Crippen MR) is 70.4 cm³/mol. The lowest BCUT2D eigenvalue weighted by Crippen LogP contribution is -2.36. The first-order valence-corrected chi connectivity index (χ1v) is 6.63. The van der Waals surface area contributed by atoms with Crippen LogP contribution in [-0.4, -0.2) is 35.2 Å². The molecule has 1 fully saturated rings. The maximum Gasteiger partial charge on any atom is 0.318 e. The molecule has 0 radical (unpaired) electrons. The Balaban J connectivity index is 1.96. The van der Waals surface area contributed by atoms with Crippen LogP contribution in [0.5, 0.6) is 0 Å². The van der Waals surface area contributed by atoms with Crippen LogP contribution in [0, 0.1) is 5.92 Å². The highest BCUT2D eigenvalue weighted by atomic mass is 16.4. The molecular weight excluding hydrogens is 246 g/mol. The quantitative estimate of drug-likeness (QED) is 0.701. The second kappa shape index (κ2) is 6.01. The second-order valence-corrected chi connectivity index (χ2v) is 5.37. The fraction of sp³-hybridized carbons (Fsp3) is 0.750. The van der Waals surface area contributed by atoms with Gasteiger partial charge in [0.15, 0.2) is 0 Å². The van der Waals surface area contributed by atoms with E-state index in [2.05, 4.69) is 29.4 Å². The predicted octanol–water partition coefficient (Wildman–Crippen LogP) is 0.269. The average Bonchev–Trinajstić information content (AvgIpc) is 3.02. The van der Waals surface area contributed by atoms with E-state index >= 15 is 0 Å². The Morgan fingerprint density at radius 3 is 2.84 bits per heavy atom. The van der Waals surface area contributed by atoms with Crippen LogP contribution in [0.15, 0.2) is 4.42 Å². The SMILES string of the molecule is CC(C)CN(CC(N)=O)c1nnc(CNC2CC2)o1. The number of rotatable bonds is 8. The molecule has 0 saturated heterocycles. The molecule has 0 unspecified atom stereocenters. The molecule has 0 aliphatic heterocycles. The second-order valence-electron chi connectivity index (χ2n) is 5.37. The van der Waals surface area contributed by atoms with Gasteiger partial charge in [-0.05, 0) is 18.8 Å². The standard InChI is InChI=1S/C12H21N5O2/c1-8(2)6-17(7-10(13)18)12-16-15-11(19-12)5-14-9-3-4-9/h8-9,14H,3-7H2,1-2H3,(H2,13,18). The summed E-state index contributed by atoms with van der Waals surface area (Å²) in [6, 6.07) is 0.952. The van der Waals surface area contributed by atoms with Gasteiger partial charge in [-0.15, -0.1) is 5.10 Å². The molecule has 7 nitrogen and oxygen atoms in total. The normalized spacial score (nSPS) is 14.9. The van der Waals surface area contributed by atoms with Crippen molar-refractivity contribution in [2.75, 3.05) is 18.0 Å². The zero-order chi connectivity index (χ0) is 13.8. The molecule has 1 aromatic heterocycles. The molecule has 1 amide bonds. The number of carbonyl (C=O) groups excluding carboxylic acids is 1. The number of nitrogens with zero attached hydrogens (tertiary/aromatic N) is 3. The minimum absolute atomic E-state index is 0.0931. The topological polar surface area (TPSA) is 97.3 Å². The van der Waals surface area contributed by atoms with Crippen LogP contribution >= 0.6 is 0 Å². The number of primary amides is 1. The maximum atomic E-state index is 11.1. The van der Waals surface area contributed by atoms with E-state index in [1.165, 1.54) is 12.8 Å². The van der Waals surface area contributed by atoms with Gasteiger partial charge in [-0.3, -0.25) is 4.79 Å². The largest absolute Gasteiger partial charge is 0.407 e. The molecule has 106 valence electrons. The number of nitrogens with one attached hydrogen (secondary N) is 1. The minimum Gasteiger partial charge on any atom is -0.407 e. The Morgan fingerprint density at radius 1 is 1.53 bits per heavy atom. The highest BCUT2D eigenvalue weighted by molar-refractivity contribution is 5.78. The van der Waals surface area contributed by atoms with Crippen molar-refractivity contribution in [2.45, 2.75) is 39.3 Å². The van der Waals surface area contributed by atoms with Gasteiger partial charge in [-0.1, -0.05) is 18.9 Å². The van der Waals surface area contributed by atoms with Gasteiger partial charge >= 0.3 is 6.01 Å². The molecule has 0 aromatic carbocycles. The zero-order valence-corrected chi connectivity index (χ0v) is 11.4. The molecule has 1 aliphatic carbocycles. The van der Waals surface area contributed by atoms with Crippen molar-refractivity contribution in [3.8, 4) is 0 Å². The van der Waals surface area contributed by atoms with E-state index in [4.69, 9.17) is 10.2 Å². The van der Waals surface area contributed by atoms with Gasteiger partial charge in [0.1, 0.15) is 6.54 Å². The summed E-state index contributed by atoms with van der Waals surface area (Å²) in [5.41, 5.74) is 5.24. The van der Waals surface area contributed by atoms with Gasteiger partial charge in [0.05, 0.1) is 6.54 Å². The summed E-state index contributed by atoms with van der Waals surface area (Å²) in [5.74, 6) is 0.510. The molecule has 0 bridgehead atoms. The molecule has 19 heavy (non-hydrogen) atoms. The van der Waals surface area contributed by atoms with Crippen LogP contribution in [0.1, 0.15) is 32.6 Å². The molecule has 0 atom stereocenters. The van der Waals surface area contributed by atoms with Crippen LogP contribution in [0.3, 0.4) is 0 Å². The Bertz CT molecular complexity index is 428. The van der Waals surface area contributed by atoms with Gasteiger partial charge in [0, 0.05) is 12.6 Å². The first-order chi connectivity index (χ1) is 9.04. The summed E-state index contributed by atoms with van der Waals surface area (Å²) in [4.78, 5) is 12.8. The van der Waals surface area contributed by atoms with E-state index in [1.807, 2.05) is 0 Å². The summed E-state index contributed by atoms with van der Waals surface area (Å²) in [6.45, 7) is 5.43. The van der Waals surface area contributed by atoms with E-state index in [0.29, 0.717) is 37.0 Å². The fourth-order valence-electron chi connectivity index (χ4n) is 1.80. The lowest BCUT2D eigenvalue weighted by molar-refractivity contribution is -0.116. The maximum absolute atomic E-state index is 11.1. The van der Waals surface area contributed by atoms with Crippen LogP contribution in [-0.2, 0) is 11.3 Å². The van der Waals surface area contributed by atoms with Gasteiger partial charge < -0.3 is 20.4 Å². The van der Waals surface area contributed by atoms with Crippen molar-refractivity contribution in [3.63, 3.8) is 0 Å². The van der Waals surface area contributed by atoms with Gasteiger partial charge in [-0.2, -0.15) is 0 Å². The molecular formula is C12H21N5O2. The Labute approximate surface area is 112 Å². The summed E-state index contributed by atoms with van der Waals surface area (Å²) in [7, 11) is 0. The van der Waals surface area contributed by atoms with E-state index < -0.39 is 5.91 Å². The third-order valence-electron chi connectivity index (χ3n) is 2.78. The first kappa shape index (κ1) is 13.8. The number of amides is 1.